The molecule has 2 atom stereocenters. The molecule has 3 rings (SSSR count). The number of halogens is 1. The van der Waals surface area contributed by atoms with E-state index in [-0.39, 0.29) is 0 Å². The molecule has 0 amide bonds. The number of rotatable bonds is 2. The standard InChI is InChI=1S/C13H18ClN3/c14-13-6-10(3-5-16-13)7-17-8-11-2-1-4-15-12(11)9-17/h3,5-6,11-12,15H,1-2,4,7-9H2. The SMILES string of the molecule is Clc1cc(CN2CC3CCCNC3C2)ccn1. The number of pyridine rings is 1. The molecule has 2 aliphatic heterocycles. The summed E-state index contributed by atoms with van der Waals surface area (Å²) in [6, 6.07) is 4.74. The van der Waals surface area contributed by atoms with E-state index in [1.807, 2.05) is 6.07 Å². The Morgan fingerprint density at radius 1 is 1.47 bits per heavy atom. The van der Waals surface area contributed by atoms with Crippen molar-refractivity contribution >= 4 is 11.6 Å². The van der Waals surface area contributed by atoms with Crippen LogP contribution < -0.4 is 5.32 Å². The van der Waals surface area contributed by atoms with Crippen LogP contribution in [0.1, 0.15) is 18.4 Å². The van der Waals surface area contributed by atoms with Gasteiger partial charge >= 0.3 is 0 Å². The number of piperidine rings is 1. The highest BCUT2D eigenvalue weighted by Crippen LogP contribution is 2.26. The molecule has 0 aliphatic carbocycles. The summed E-state index contributed by atoms with van der Waals surface area (Å²) in [5.41, 5.74) is 1.27. The van der Waals surface area contributed by atoms with Gasteiger partial charge in [-0.3, -0.25) is 4.90 Å². The number of hydrogen-bond donors (Lipinski definition) is 1. The zero-order valence-corrected chi connectivity index (χ0v) is 10.7. The molecule has 2 saturated heterocycles. The molecular formula is C13H18ClN3. The van der Waals surface area contributed by atoms with Crippen LogP contribution in [0.5, 0.6) is 0 Å². The number of hydrogen-bond acceptors (Lipinski definition) is 3. The van der Waals surface area contributed by atoms with Gasteiger partial charge in [0.05, 0.1) is 0 Å². The van der Waals surface area contributed by atoms with Crippen molar-refractivity contribution in [2.45, 2.75) is 25.4 Å². The lowest BCUT2D eigenvalue weighted by Gasteiger charge is -2.24. The fraction of sp³-hybridized carbons (Fsp3) is 0.615. The molecule has 1 N–H and O–H groups in total. The minimum Gasteiger partial charge on any atom is -0.312 e. The van der Waals surface area contributed by atoms with Gasteiger partial charge in [0.1, 0.15) is 5.15 Å². The maximum atomic E-state index is 5.91. The van der Waals surface area contributed by atoms with Gasteiger partial charge in [-0.2, -0.15) is 0 Å². The van der Waals surface area contributed by atoms with Crippen LogP contribution in [0.4, 0.5) is 0 Å². The molecule has 0 aromatic carbocycles. The number of aromatic nitrogens is 1. The zero-order valence-electron chi connectivity index (χ0n) is 9.90. The summed E-state index contributed by atoms with van der Waals surface area (Å²) in [6.45, 7) is 4.58. The molecule has 2 unspecified atom stereocenters. The molecule has 3 heterocycles. The first kappa shape index (κ1) is 11.5. The van der Waals surface area contributed by atoms with E-state index in [1.165, 1.54) is 38.0 Å². The van der Waals surface area contributed by atoms with Gasteiger partial charge < -0.3 is 5.32 Å². The van der Waals surface area contributed by atoms with Crippen molar-refractivity contribution in [1.29, 1.82) is 0 Å². The second kappa shape index (κ2) is 4.92. The Bertz CT molecular complexity index is 382. The molecule has 0 radical (unpaired) electrons. The largest absolute Gasteiger partial charge is 0.312 e. The summed E-state index contributed by atoms with van der Waals surface area (Å²) >= 11 is 5.91. The third-order valence-corrected chi connectivity index (χ3v) is 4.08. The van der Waals surface area contributed by atoms with Gasteiger partial charge in [-0.1, -0.05) is 11.6 Å². The first-order chi connectivity index (χ1) is 8.31. The summed E-state index contributed by atoms with van der Waals surface area (Å²) in [5.74, 6) is 0.848. The molecule has 2 aliphatic rings. The van der Waals surface area contributed by atoms with Crippen LogP contribution in [0.15, 0.2) is 18.3 Å². The van der Waals surface area contributed by atoms with Crippen LogP contribution >= 0.6 is 11.6 Å². The van der Waals surface area contributed by atoms with Gasteiger partial charge in [0, 0.05) is 31.9 Å². The van der Waals surface area contributed by atoms with Crippen molar-refractivity contribution in [2.75, 3.05) is 19.6 Å². The van der Waals surface area contributed by atoms with Crippen LogP contribution in [0.3, 0.4) is 0 Å². The van der Waals surface area contributed by atoms with Crippen molar-refractivity contribution in [3.63, 3.8) is 0 Å². The average molecular weight is 252 g/mol. The van der Waals surface area contributed by atoms with E-state index >= 15 is 0 Å². The topological polar surface area (TPSA) is 28.2 Å². The molecule has 0 spiro atoms. The van der Waals surface area contributed by atoms with E-state index in [1.54, 1.807) is 6.20 Å². The maximum absolute atomic E-state index is 5.91. The van der Waals surface area contributed by atoms with Crippen molar-refractivity contribution < 1.29 is 0 Å². The Kier molecular flexibility index (Phi) is 3.32. The summed E-state index contributed by atoms with van der Waals surface area (Å²) in [7, 11) is 0. The Morgan fingerprint density at radius 2 is 2.41 bits per heavy atom. The Labute approximate surface area is 107 Å². The normalized spacial score (nSPS) is 29.2. The highest BCUT2D eigenvalue weighted by molar-refractivity contribution is 6.29. The Morgan fingerprint density at radius 3 is 3.24 bits per heavy atom. The van der Waals surface area contributed by atoms with Crippen LogP contribution in [0.25, 0.3) is 0 Å². The van der Waals surface area contributed by atoms with Gasteiger partial charge in [0.15, 0.2) is 0 Å². The van der Waals surface area contributed by atoms with E-state index in [0.29, 0.717) is 11.2 Å². The summed E-state index contributed by atoms with van der Waals surface area (Å²) < 4.78 is 0. The molecule has 2 fully saturated rings. The second-order valence-electron chi connectivity index (χ2n) is 5.14. The number of likely N-dealkylation sites (tertiary alicyclic amines) is 1. The minimum atomic E-state index is 0.595. The minimum absolute atomic E-state index is 0.595. The fourth-order valence-corrected chi connectivity index (χ4v) is 3.26. The van der Waals surface area contributed by atoms with E-state index in [9.17, 15) is 0 Å². The highest BCUT2D eigenvalue weighted by Gasteiger charge is 2.33. The molecule has 3 nitrogen and oxygen atoms in total. The quantitative estimate of drug-likeness (QED) is 0.814. The maximum Gasteiger partial charge on any atom is 0.129 e. The van der Waals surface area contributed by atoms with Gasteiger partial charge in [-0.15, -0.1) is 0 Å². The third kappa shape index (κ3) is 2.62. The van der Waals surface area contributed by atoms with Gasteiger partial charge in [0.2, 0.25) is 0 Å². The number of fused-ring (bicyclic) bond motifs is 1. The van der Waals surface area contributed by atoms with Gasteiger partial charge in [-0.25, -0.2) is 4.98 Å². The number of nitrogens with zero attached hydrogens (tertiary/aromatic N) is 2. The zero-order chi connectivity index (χ0) is 11.7. The Hall–Kier alpha value is -0.640. The third-order valence-electron chi connectivity index (χ3n) is 3.87. The van der Waals surface area contributed by atoms with Crippen molar-refractivity contribution in [1.82, 2.24) is 15.2 Å². The van der Waals surface area contributed by atoms with E-state index in [2.05, 4.69) is 21.3 Å². The highest BCUT2D eigenvalue weighted by atomic mass is 35.5. The van der Waals surface area contributed by atoms with Crippen LogP contribution in [-0.2, 0) is 6.54 Å². The summed E-state index contributed by atoms with van der Waals surface area (Å²) in [6.07, 6.45) is 4.50. The molecule has 17 heavy (non-hydrogen) atoms. The van der Waals surface area contributed by atoms with Crippen LogP contribution in [-0.4, -0.2) is 35.6 Å². The average Bonchev–Trinajstić information content (AvgIpc) is 2.71. The molecule has 0 bridgehead atoms. The van der Waals surface area contributed by atoms with Crippen LogP contribution in [0, 0.1) is 5.92 Å². The first-order valence-corrected chi connectivity index (χ1v) is 6.75. The molecular weight excluding hydrogens is 234 g/mol. The molecule has 4 heteroatoms. The van der Waals surface area contributed by atoms with E-state index in [4.69, 9.17) is 11.6 Å². The summed E-state index contributed by atoms with van der Waals surface area (Å²) in [5, 5.41) is 4.22. The lowest BCUT2D eigenvalue weighted by Crippen LogP contribution is -2.40. The lowest BCUT2D eigenvalue weighted by molar-refractivity contribution is 0.312. The predicted molar refractivity (Wildman–Crippen MR) is 69.0 cm³/mol. The van der Waals surface area contributed by atoms with E-state index in [0.717, 1.165) is 12.5 Å². The van der Waals surface area contributed by atoms with Gasteiger partial charge in [0.25, 0.3) is 0 Å². The molecule has 1 aromatic rings. The molecule has 92 valence electrons. The fourth-order valence-electron chi connectivity index (χ4n) is 3.06. The number of nitrogens with one attached hydrogen (secondary N) is 1. The second-order valence-corrected chi connectivity index (χ2v) is 5.53. The van der Waals surface area contributed by atoms with Gasteiger partial charge in [-0.05, 0) is 43.0 Å². The van der Waals surface area contributed by atoms with Crippen LogP contribution in [0.2, 0.25) is 5.15 Å². The van der Waals surface area contributed by atoms with E-state index < -0.39 is 0 Å². The Balaban J connectivity index is 1.63. The smallest absolute Gasteiger partial charge is 0.129 e. The van der Waals surface area contributed by atoms with Crippen molar-refractivity contribution in [2.24, 2.45) is 5.92 Å². The van der Waals surface area contributed by atoms with Crippen molar-refractivity contribution in [3.8, 4) is 0 Å². The molecule has 0 saturated carbocycles. The predicted octanol–water partition coefficient (Wildman–Crippen LogP) is 1.92. The monoisotopic (exact) mass is 251 g/mol. The lowest BCUT2D eigenvalue weighted by atomic mass is 9.94. The first-order valence-electron chi connectivity index (χ1n) is 6.37. The van der Waals surface area contributed by atoms with Crippen molar-refractivity contribution in [3.05, 3.63) is 29.0 Å². The molecule has 1 aromatic heterocycles. The summed E-state index contributed by atoms with van der Waals surface area (Å²) in [4.78, 5) is 6.55.